The highest BCUT2D eigenvalue weighted by Gasteiger charge is 2.43. The molecule has 3 heterocycles. The zero-order valence-electron chi connectivity index (χ0n) is 15.3. The first-order chi connectivity index (χ1) is 11.8. The van der Waals surface area contributed by atoms with Gasteiger partial charge in [0.2, 0.25) is 0 Å². The van der Waals surface area contributed by atoms with E-state index in [4.69, 9.17) is 9.72 Å². The van der Waals surface area contributed by atoms with Crippen molar-refractivity contribution >= 4 is 27.5 Å². The first kappa shape index (κ1) is 14.9. The molecule has 0 saturated carbocycles. The Balaban J connectivity index is 1.97. The summed E-state index contributed by atoms with van der Waals surface area (Å²) in [7, 11) is 0. The molecule has 126 valence electrons. The molecule has 0 spiro atoms. The van der Waals surface area contributed by atoms with Gasteiger partial charge in [0.1, 0.15) is 5.65 Å². The van der Waals surface area contributed by atoms with Gasteiger partial charge in [0.15, 0.2) is 0 Å². The molecular formula is C22H22N2O. The van der Waals surface area contributed by atoms with Crippen LogP contribution >= 0.6 is 0 Å². The maximum absolute atomic E-state index is 6.32. The molecule has 3 nitrogen and oxygen atoms in total. The number of aromatic nitrogens is 2. The molecule has 3 heteroatoms. The molecule has 0 radical (unpaired) electrons. The Labute approximate surface area is 147 Å². The van der Waals surface area contributed by atoms with E-state index >= 15 is 0 Å². The average molecular weight is 330 g/mol. The van der Waals surface area contributed by atoms with Crippen LogP contribution in [-0.2, 0) is 15.9 Å². The molecule has 1 aliphatic heterocycles. The van der Waals surface area contributed by atoms with E-state index in [2.05, 4.69) is 81.5 Å². The Morgan fingerprint density at radius 2 is 1.60 bits per heavy atom. The van der Waals surface area contributed by atoms with E-state index in [1.54, 1.807) is 0 Å². The fourth-order valence-electron chi connectivity index (χ4n) is 4.52. The van der Waals surface area contributed by atoms with Gasteiger partial charge in [-0.1, -0.05) is 24.3 Å². The van der Waals surface area contributed by atoms with Gasteiger partial charge in [-0.25, -0.2) is 4.98 Å². The summed E-state index contributed by atoms with van der Waals surface area (Å²) >= 11 is 0. The monoisotopic (exact) mass is 330 g/mol. The van der Waals surface area contributed by atoms with Crippen molar-refractivity contribution in [1.82, 2.24) is 9.38 Å². The van der Waals surface area contributed by atoms with Crippen molar-refractivity contribution in [1.29, 1.82) is 0 Å². The van der Waals surface area contributed by atoms with Crippen LogP contribution in [0.1, 0.15) is 44.5 Å². The number of fused-ring (bicyclic) bond motifs is 6. The topological polar surface area (TPSA) is 26.5 Å². The average Bonchev–Trinajstić information content (AvgIpc) is 2.99. The number of rotatable bonds is 0. The third-order valence-corrected chi connectivity index (χ3v) is 5.52. The Kier molecular flexibility index (Phi) is 2.63. The van der Waals surface area contributed by atoms with Crippen molar-refractivity contribution in [3.63, 3.8) is 0 Å². The highest BCUT2D eigenvalue weighted by molar-refractivity contribution is 5.99. The van der Waals surface area contributed by atoms with Crippen LogP contribution in [0, 0.1) is 6.92 Å². The summed E-state index contributed by atoms with van der Waals surface area (Å²) in [5.41, 5.74) is 6.36. The van der Waals surface area contributed by atoms with Gasteiger partial charge in [0.05, 0.1) is 22.2 Å². The van der Waals surface area contributed by atoms with Crippen molar-refractivity contribution in [2.45, 2.75) is 45.8 Å². The number of hydrogen-bond acceptors (Lipinski definition) is 2. The number of pyridine rings is 1. The van der Waals surface area contributed by atoms with Crippen LogP contribution < -0.4 is 0 Å². The van der Waals surface area contributed by atoms with Crippen molar-refractivity contribution in [2.75, 3.05) is 0 Å². The Bertz CT molecular complexity index is 1180. The molecule has 2 aromatic carbocycles. The molecule has 0 fully saturated rings. The summed E-state index contributed by atoms with van der Waals surface area (Å²) in [5.74, 6) is 0. The predicted octanol–water partition coefficient (Wildman–Crippen LogP) is 5.45. The molecule has 0 bridgehead atoms. The quantitative estimate of drug-likeness (QED) is 0.428. The SMILES string of the molecule is Cc1cc2ccccc2c2nc3cc4c(cc3n12)C(C)(C)OC4(C)C. The zero-order valence-corrected chi connectivity index (χ0v) is 15.3. The molecule has 25 heavy (non-hydrogen) atoms. The minimum absolute atomic E-state index is 0.290. The molecule has 0 unspecified atom stereocenters. The zero-order chi connectivity index (χ0) is 17.6. The van der Waals surface area contributed by atoms with Crippen LogP contribution in [0.2, 0.25) is 0 Å². The van der Waals surface area contributed by atoms with Crippen LogP contribution in [0.3, 0.4) is 0 Å². The Morgan fingerprint density at radius 1 is 0.920 bits per heavy atom. The number of benzene rings is 2. The second-order valence-electron chi connectivity index (χ2n) is 8.15. The largest absolute Gasteiger partial charge is 0.360 e. The van der Waals surface area contributed by atoms with Crippen LogP contribution in [0.15, 0.2) is 42.5 Å². The Hall–Kier alpha value is -2.39. The lowest BCUT2D eigenvalue weighted by Gasteiger charge is -2.24. The van der Waals surface area contributed by atoms with Crippen molar-refractivity contribution in [3.05, 3.63) is 59.3 Å². The summed E-state index contributed by atoms with van der Waals surface area (Å²) in [5, 5.41) is 2.43. The highest BCUT2D eigenvalue weighted by Crippen LogP contribution is 2.48. The predicted molar refractivity (Wildman–Crippen MR) is 102 cm³/mol. The third kappa shape index (κ3) is 1.87. The lowest BCUT2D eigenvalue weighted by Crippen LogP contribution is -2.22. The smallest absolute Gasteiger partial charge is 0.146 e. The first-order valence-corrected chi connectivity index (χ1v) is 8.84. The van der Waals surface area contributed by atoms with E-state index in [1.165, 1.54) is 27.6 Å². The minimum Gasteiger partial charge on any atom is -0.360 e. The van der Waals surface area contributed by atoms with Gasteiger partial charge in [0, 0.05) is 11.1 Å². The van der Waals surface area contributed by atoms with Crippen molar-refractivity contribution in [2.24, 2.45) is 0 Å². The first-order valence-electron chi connectivity index (χ1n) is 8.84. The van der Waals surface area contributed by atoms with E-state index in [-0.39, 0.29) is 11.2 Å². The fourth-order valence-corrected chi connectivity index (χ4v) is 4.52. The van der Waals surface area contributed by atoms with Gasteiger partial charge in [-0.2, -0.15) is 0 Å². The van der Waals surface area contributed by atoms with E-state index < -0.39 is 0 Å². The standard InChI is InChI=1S/C22H22N2O/c1-13-10-14-8-6-7-9-15(14)20-23-18-11-16-17(12-19(18)24(13)20)22(4,5)25-21(16,2)3/h6-12H,1-5H3. The number of ether oxygens (including phenoxy) is 1. The molecule has 5 rings (SSSR count). The number of hydrogen-bond donors (Lipinski definition) is 0. The molecule has 0 aliphatic carbocycles. The molecule has 2 aromatic heterocycles. The van der Waals surface area contributed by atoms with E-state index in [0.29, 0.717) is 0 Å². The summed E-state index contributed by atoms with van der Waals surface area (Å²) in [6, 6.07) is 15.2. The van der Waals surface area contributed by atoms with Crippen LogP contribution in [0.4, 0.5) is 0 Å². The summed E-state index contributed by atoms with van der Waals surface area (Å²) in [4.78, 5) is 5.00. The van der Waals surface area contributed by atoms with Gasteiger partial charge in [-0.05, 0) is 69.3 Å². The fraction of sp³-hybridized carbons (Fsp3) is 0.318. The van der Waals surface area contributed by atoms with E-state index in [9.17, 15) is 0 Å². The van der Waals surface area contributed by atoms with Gasteiger partial charge >= 0.3 is 0 Å². The number of aryl methyl sites for hydroxylation is 1. The second-order valence-corrected chi connectivity index (χ2v) is 8.15. The van der Waals surface area contributed by atoms with Gasteiger partial charge in [-0.3, -0.25) is 4.40 Å². The van der Waals surface area contributed by atoms with Crippen molar-refractivity contribution < 1.29 is 4.74 Å². The van der Waals surface area contributed by atoms with Crippen molar-refractivity contribution in [3.8, 4) is 0 Å². The molecule has 0 atom stereocenters. The van der Waals surface area contributed by atoms with Crippen LogP contribution in [0.25, 0.3) is 27.5 Å². The second kappa shape index (κ2) is 4.41. The highest BCUT2D eigenvalue weighted by atomic mass is 16.5. The summed E-state index contributed by atoms with van der Waals surface area (Å²) in [6.07, 6.45) is 0. The Morgan fingerprint density at radius 3 is 2.36 bits per heavy atom. The molecule has 0 saturated heterocycles. The molecule has 0 amide bonds. The number of imidazole rings is 1. The summed E-state index contributed by atoms with van der Waals surface area (Å²) in [6.45, 7) is 10.7. The van der Waals surface area contributed by atoms with Crippen LogP contribution in [-0.4, -0.2) is 9.38 Å². The van der Waals surface area contributed by atoms with Gasteiger partial charge in [-0.15, -0.1) is 0 Å². The maximum atomic E-state index is 6.32. The third-order valence-electron chi connectivity index (χ3n) is 5.52. The number of nitrogens with zero attached hydrogens (tertiary/aromatic N) is 2. The normalized spacial score (nSPS) is 18.3. The molecule has 0 N–H and O–H groups in total. The van der Waals surface area contributed by atoms with Crippen LogP contribution in [0.5, 0.6) is 0 Å². The molecular weight excluding hydrogens is 308 g/mol. The van der Waals surface area contributed by atoms with E-state index in [1.807, 2.05) is 0 Å². The molecule has 1 aliphatic rings. The maximum Gasteiger partial charge on any atom is 0.146 e. The molecule has 4 aromatic rings. The van der Waals surface area contributed by atoms with Gasteiger partial charge in [0.25, 0.3) is 0 Å². The van der Waals surface area contributed by atoms with E-state index in [0.717, 1.165) is 16.7 Å². The summed E-state index contributed by atoms with van der Waals surface area (Å²) < 4.78 is 8.60. The minimum atomic E-state index is -0.292. The lowest BCUT2D eigenvalue weighted by molar-refractivity contribution is -0.105. The lowest BCUT2D eigenvalue weighted by atomic mass is 9.90. The van der Waals surface area contributed by atoms with Gasteiger partial charge < -0.3 is 4.74 Å².